The first-order valence-electron chi connectivity index (χ1n) is 30.0. The minimum absolute atomic E-state index is 0. The van der Waals surface area contributed by atoms with Gasteiger partial charge in [-0.05, 0) is 124 Å². The molecular weight excluding hydrogens is 1320 g/mol. The van der Waals surface area contributed by atoms with Crippen molar-refractivity contribution in [2.45, 2.75) is 129 Å². The first-order valence-corrected chi connectivity index (χ1v) is 30.0. The first-order chi connectivity index (χ1) is 42.5. The Morgan fingerprint density at radius 2 is 1.62 bits per heavy atom. The van der Waals surface area contributed by atoms with Gasteiger partial charge in [0.15, 0.2) is 5.75 Å². The largest absolute Gasteiger partial charge is 0.581 e. The molecular formula is C65H75FIrN13O9-. The Labute approximate surface area is 529 Å². The summed E-state index contributed by atoms with van der Waals surface area (Å²) in [6, 6.07) is 16.5. The number of benzene rings is 4. The van der Waals surface area contributed by atoms with Gasteiger partial charge >= 0.3 is 12.1 Å². The molecule has 1 radical (unpaired) electrons. The number of anilines is 1. The van der Waals surface area contributed by atoms with Crippen LogP contribution in [0.15, 0.2) is 85.5 Å². The summed E-state index contributed by atoms with van der Waals surface area (Å²) in [6.45, 7) is 14.7. The van der Waals surface area contributed by atoms with Gasteiger partial charge in [0, 0.05) is 88.4 Å². The van der Waals surface area contributed by atoms with E-state index in [9.17, 15) is 19.5 Å². The zero-order valence-corrected chi connectivity index (χ0v) is 53.8. The molecule has 3 N–H and O–H groups in total. The Balaban J connectivity index is 0.00000288. The number of amides is 3. The molecule has 4 fully saturated rings. The number of hydrogen-bond donors (Lipinski definition) is 3. The van der Waals surface area contributed by atoms with E-state index < -0.39 is 29.5 Å². The van der Waals surface area contributed by atoms with Crippen LogP contribution in [0.3, 0.4) is 0 Å². The van der Waals surface area contributed by atoms with E-state index >= 15 is 4.39 Å². The van der Waals surface area contributed by atoms with Crippen LogP contribution in [0.5, 0.6) is 11.8 Å². The number of aliphatic hydroxyl groups excluding tert-OH is 2. The van der Waals surface area contributed by atoms with Crippen LogP contribution in [0, 0.1) is 25.6 Å². The average Bonchev–Trinajstić information content (AvgIpc) is 1.76. The number of ether oxygens (including phenoxy) is 4. The fourth-order valence-corrected chi connectivity index (χ4v) is 12.5. The van der Waals surface area contributed by atoms with Crippen molar-refractivity contribution in [1.29, 1.82) is 0 Å². The third-order valence-corrected chi connectivity index (χ3v) is 16.9. The number of aromatic nitrogens is 9. The number of fused-ring (bicyclic) bond motifs is 4. The minimum Gasteiger partial charge on any atom is -0.581 e. The summed E-state index contributed by atoms with van der Waals surface area (Å²) in [5.41, 5.74) is 8.22. The van der Waals surface area contributed by atoms with Crippen molar-refractivity contribution in [2.24, 2.45) is 5.92 Å². The van der Waals surface area contributed by atoms with Crippen LogP contribution in [0.4, 0.5) is 15.0 Å². The van der Waals surface area contributed by atoms with Crippen molar-refractivity contribution in [2.75, 3.05) is 58.6 Å². The van der Waals surface area contributed by atoms with Crippen LogP contribution < -0.4 is 24.8 Å². The topological polar surface area (TPSA) is 260 Å². The van der Waals surface area contributed by atoms with Crippen molar-refractivity contribution >= 4 is 45.5 Å². The SMILES string of the molecule is CO.COCCOc1nc(N2CC3CC2CN3C(=O)OC(C)(C)C)c2cc(C3CC3)c(-c3c(C)c(F)cc4n[n-]cc34)c(OCc3ccc(-c4cn(C(C(=O)N5CCCC5C(=O)NC(CO)c5ccc(-c6nccnc6C)cc5)C(C)C)nn4)cc3)c2n1.[Ir]. The average molecular weight is 1390 g/mol. The first kappa shape index (κ1) is 64.0. The molecule has 12 rings (SSSR count). The Morgan fingerprint density at radius 1 is 0.876 bits per heavy atom. The molecule has 4 aromatic carbocycles. The van der Waals surface area contributed by atoms with E-state index in [1.165, 1.54) is 6.07 Å². The van der Waals surface area contributed by atoms with Crippen LogP contribution >= 0.6 is 0 Å². The van der Waals surface area contributed by atoms with E-state index in [-0.39, 0.29) is 87.8 Å². The third-order valence-electron chi connectivity index (χ3n) is 16.9. The number of nitrogens with zero attached hydrogens (tertiary/aromatic N) is 12. The number of aliphatic hydroxyl groups is 2. The number of nitrogens with one attached hydrogen (secondary N) is 1. The van der Waals surface area contributed by atoms with Crippen molar-refractivity contribution in [1.82, 2.24) is 60.2 Å². The maximum atomic E-state index is 16.2. The van der Waals surface area contributed by atoms with E-state index in [4.69, 9.17) is 34.0 Å². The maximum Gasteiger partial charge on any atom is 0.410 e. The number of halogens is 1. The fraction of sp³-hybridized carbons (Fsp3) is 0.446. The molecule has 471 valence electrons. The van der Waals surface area contributed by atoms with Gasteiger partial charge in [0.05, 0.1) is 54.4 Å². The molecule has 1 saturated carbocycles. The van der Waals surface area contributed by atoms with Crippen LogP contribution in [0.1, 0.15) is 113 Å². The molecule has 5 unspecified atom stereocenters. The van der Waals surface area contributed by atoms with Gasteiger partial charge in [-0.3, -0.25) is 19.6 Å². The summed E-state index contributed by atoms with van der Waals surface area (Å²) in [5, 5.41) is 39.5. The number of likely N-dealkylation sites (tertiary alicyclic amines) is 2. The Morgan fingerprint density at radius 3 is 2.29 bits per heavy atom. The molecule has 5 atom stereocenters. The molecule has 22 nitrogen and oxygen atoms in total. The number of methoxy groups -OCH3 is 1. The van der Waals surface area contributed by atoms with Gasteiger partial charge in [-0.15, -0.1) is 5.10 Å². The Bertz CT molecular complexity index is 3860. The van der Waals surface area contributed by atoms with Gasteiger partial charge in [0.2, 0.25) is 11.8 Å². The smallest absolute Gasteiger partial charge is 0.410 e. The minimum atomic E-state index is -0.760. The van der Waals surface area contributed by atoms with Gasteiger partial charge in [-0.25, -0.2) is 13.9 Å². The number of aryl methyl sites for hydroxylation is 1. The van der Waals surface area contributed by atoms with Gasteiger partial charge in [-0.1, -0.05) is 67.6 Å². The Hall–Kier alpha value is -8.02. The van der Waals surface area contributed by atoms with E-state index in [0.717, 1.165) is 71.0 Å². The zero-order valence-electron chi connectivity index (χ0n) is 51.4. The molecule has 8 aromatic rings. The predicted octanol–water partition coefficient (Wildman–Crippen LogP) is 8.60. The summed E-state index contributed by atoms with van der Waals surface area (Å²) in [4.78, 5) is 66.8. The maximum absolute atomic E-state index is 16.2. The fourth-order valence-electron chi connectivity index (χ4n) is 12.5. The number of carbonyl (C=O) groups is 3. The van der Waals surface area contributed by atoms with E-state index in [2.05, 4.69) is 46.8 Å². The predicted molar refractivity (Wildman–Crippen MR) is 327 cm³/mol. The molecule has 2 bridgehead atoms. The molecule has 3 saturated heterocycles. The Kier molecular flexibility index (Phi) is 19.4. The van der Waals surface area contributed by atoms with E-state index in [1.54, 1.807) is 48.4 Å². The number of carbonyl (C=O) groups excluding carboxylic acids is 3. The summed E-state index contributed by atoms with van der Waals surface area (Å²) in [7, 11) is 2.60. The summed E-state index contributed by atoms with van der Waals surface area (Å²) >= 11 is 0. The molecule has 1 aliphatic carbocycles. The number of piperazine rings is 1. The molecule has 0 spiro atoms. The van der Waals surface area contributed by atoms with Crippen LogP contribution in [-0.4, -0.2) is 155 Å². The second-order valence-electron chi connectivity index (χ2n) is 24.3. The number of rotatable bonds is 19. The molecule has 4 aromatic heterocycles. The van der Waals surface area contributed by atoms with Gasteiger partial charge in [0.25, 0.3) is 0 Å². The second kappa shape index (κ2) is 27.0. The van der Waals surface area contributed by atoms with Gasteiger partial charge in [-0.2, -0.15) is 16.2 Å². The van der Waals surface area contributed by atoms with E-state index in [0.29, 0.717) is 89.5 Å². The van der Waals surface area contributed by atoms with Gasteiger partial charge < -0.3 is 59.4 Å². The van der Waals surface area contributed by atoms with Crippen LogP contribution in [0.25, 0.3) is 55.4 Å². The molecule has 3 aliphatic heterocycles. The summed E-state index contributed by atoms with van der Waals surface area (Å²) in [6.07, 6.45) is 10.1. The summed E-state index contributed by atoms with van der Waals surface area (Å²) < 4.78 is 42.3. The molecule has 7 heterocycles. The summed E-state index contributed by atoms with van der Waals surface area (Å²) in [5.74, 6) is 0.0101. The standard InChI is InChI=1S/C64H72FN13O8.CH4O.Ir/c1-35(2)57(61(81)75-23-9-10-52(75)60(80)69-51(33-79)41-17-19-42(20-18-41)55-37(4)66-21-22-67-55)78-32-50(73-74-78)40-13-11-38(12-14-40)34-85-58-54(53-36(3)48(65)28-49-47(53)29-68-72-49)45(39-15-16-39)27-46-56(58)70-62(84-25-24-83-8)71-59(46)76-30-44-26-43(76)31-77(44)63(82)86-64(5,6)7;1-2;/h11-14,17-22,27-29,32,35,39,43-44,51-52,57,79H,9-10,15-16,23-26,30-31,33-34H2,1-8H3,(H2,68,69,70,71,72,80);2H,1H3;/p-1. The molecule has 24 heteroatoms. The van der Waals surface area contributed by atoms with Crippen molar-refractivity contribution < 1.29 is 68.0 Å². The molecule has 3 amide bonds. The monoisotopic (exact) mass is 1390 g/mol. The number of hydrogen-bond acceptors (Lipinski definition) is 17. The molecule has 89 heavy (non-hydrogen) atoms. The van der Waals surface area contributed by atoms with E-state index in [1.807, 2.05) is 95.0 Å². The van der Waals surface area contributed by atoms with Gasteiger partial charge in [0.1, 0.15) is 53.7 Å². The van der Waals surface area contributed by atoms with Crippen LogP contribution in [-0.2, 0) is 45.8 Å². The third kappa shape index (κ3) is 13.2. The zero-order chi connectivity index (χ0) is 62.1. The van der Waals surface area contributed by atoms with Crippen molar-refractivity contribution in [3.05, 3.63) is 119 Å². The van der Waals surface area contributed by atoms with Crippen molar-refractivity contribution in [3.8, 4) is 45.4 Å². The van der Waals surface area contributed by atoms with Crippen LogP contribution in [0.2, 0.25) is 0 Å². The quantitative estimate of drug-likeness (QED) is 0.0640. The normalized spacial score (nSPS) is 17.8. The second-order valence-corrected chi connectivity index (χ2v) is 24.3. The molecule has 4 aliphatic rings. The van der Waals surface area contributed by atoms with Crippen molar-refractivity contribution in [3.63, 3.8) is 0 Å².